The van der Waals surface area contributed by atoms with Crippen molar-refractivity contribution in [2.24, 2.45) is 23.2 Å². The minimum Gasteiger partial charge on any atom is -0.299 e. The molecule has 19 heavy (non-hydrogen) atoms. The fraction of sp³-hybridized carbons (Fsp3) is 0.944. The lowest BCUT2D eigenvalue weighted by Crippen LogP contribution is -2.53. The van der Waals surface area contributed by atoms with Crippen molar-refractivity contribution in [3.05, 3.63) is 0 Å². The fourth-order valence-electron chi connectivity index (χ4n) is 5.51. The molecule has 0 spiro atoms. The molecule has 4 aliphatic rings. The quantitative estimate of drug-likeness (QED) is 0.581. The minimum absolute atomic E-state index is 0.166. The van der Waals surface area contributed by atoms with Gasteiger partial charge < -0.3 is 0 Å². The van der Waals surface area contributed by atoms with E-state index in [1.807, 2.05) is 0 Å². The van der Waals surface area contributed by atoms with Crippen LogP contribution in [0.1, 0.15) is 84.0 Å². The zero-order valence-corrected chi connectivity index (χ0v) is 12.6. The summed E-state index contributed by atoms with van der Waals surface area (Å²) in [7, 11) is 0. The minimum atomic E-state index is 0.166. The molecule has 0 amide bonds. The van der Waals surface area contributed by atoms with Gasteiger partial charge >= 0.3 is 0 Å². The van der Waals surface area contributed by atoms with E-state index < -0.39 is 0 Å². The van der Waals surface area contributed by atoms with Crippen molar-refractivity contribution in [2.75, 3.05) is 0 Å². The van der Waals surface area contributed by atoms with Crippen LogP contribution < -0.4 is 0 Å². The molecule has 4 saturated carbocycles. The molecular formula is C18H30O. The topological polar surface area (TPSA) is 17.1 Å². The van der Waals surface area contributed by atoms with Crippen LogP contribution in [0, 0.1) is 23.2 Å². The first-order chi connectivity index (χ1) is 9.23. The summed E-state index contributed by atoms with van der Waals surface area (Å²) in [4.78, 5) is 12.7. The van der Waals surface area contributed by atoms with E-state index >= 15 is 0 Å². The van der Waals surface area contributed by atoms with Gasteiger partial charge in [0.25, 0.3) is 0 Å². The first-order valence-corrected chi connectivity index (χ1v) is 8.78. The van der Waals surface area contributed by atoms with Gasteiger partial charge in [0.05, 0.1) is 0 Å². The third-order valence-electron chi connectivity index (χ3n) is 6.16. The van der Waals surface area contributed by atoms with Crippen molar-refractivity contribution in [1.29, 1.82) is 0 Å². The largest absolute Gasteiger partial charge is 0.299 e. The maximum Gasteiger partial charge on any atom is 0.142 e. The zero-order chi connectivity index (χ0) is 13.3. The molecule has 108 valence electrons. The van der Waals surface area contributed by atoms with Crippen LogP contribution in [0.5, 0.6) is 0 Å². The normalized spacial score (nSPS) is 40.1. The smallest absolute Gasteiger partial charge is 0.142 e. The number of ketones is 1. The van der Waals surface area contributed by atoms with Crippen molar-refractivity contribution in [3.63, 3.8) is 0 Å². The average molecular weight is 262 g/mol. The average Bonchev–Trinajstić information content (AvgIpc) is 2.39. The van der Waals surface area contributed by atoms with Gasteiger partial charge in [-0.1, -0.05) is 45.4 Å². The zero-order valence-electron chi connectivity index (χ0n) is 12.6. The molecule has 0 N–H and O–H groups in total. The second-order valence-corrected chi connectivity index (χ2v) is 7.71. The van der Waals surface area contributed by atoms with Gasteiger partial charge in [-0.2, -0.15) is 0 Å². The summed E-state index contributed by atoms with van der Waals surface area (Å²) < 4.78 is 0. The van der Waals surface area contributed by atoms with Crippen LogP contribution in [0.25, 0.3) is 0 Å². The molecule has 0 saturated heterocycles. The van der Waals surface area contributed by atoms with E-state index in [1.165, 1.54) is 77.0 Å². The molecule has 0 aromatic heterocycles. The van der Waals surface area contributed by atoms with Gasteiger partial charge in [0.15, 0.2) is 0 Å². The Bertz CT molecular complexity index is 319. The van der Waals surface area contributed by atoms with Crippen molar-refractivity contribution >= 4 is 5.78 Å². The van der Waals surface area contributed by atoms with Gasteiger partial charge in [-0.05, 0) is 50.4 Å². The van der Waals surface area contributed by atoms with Gasteiger partial charge in [0, 0.05) is 11.3 Å². The van der Waals surface area contributed by atoms with Crippen molar-refractivity contribution in [2.45, 2.75) is 84.0 Å². The number of unbranched alkanes of at least 4 members (excludes halogenated alkanes) is 5. The van der Waals surface area contributed by atoms with Gasteiger partial charge in [-0.25, -0.2) is 0 Å². The lowest BCUT2D eigenvalue weighted by Gasteiger charge is -2.55. The summed E-state index contributed by atoms with van der Waals surface area (Å²) in [6.45, 7) is 2.27. The highest BCUT2D eigenvalue weighted by molar-refractivity contribution is 5.89. The second kappa shape index (κ2) is 5.58. The Morgan fingerprint density at radius 1 is 0.947 bits per heavy atom. The number of Topliss-reactive ketones (excluding diaryl/α,β-unsaturated/α-hetero) is 1. The Hall–Kier alpha value is -0.330. The SMILES string of the molecule is CCCCCCCCC12C[C@@H]3CC(C[C@@H](C3)C1)C2=O. The predicted molar refractivity (Wildman–Crippen MR) is 79.0 cm³/mol. The van der Waals surface area contributed by atoms with Crippen LogP contribution in [0.4, 0.5) is 0 Å². The van der Waals surface area contributed by atoms with E-state index in [-0.39, 0.29) is 5.41 Å². The Balaban J connectivity index is 1.50. The number of hydrogen-bond donors (Lipinski definition) is 0. The lowest BCUT2D eigenvalue weighted by atomic mass is 9.48. The van der Waals surface area contributed by atoms with Crippen molar-refractivity contribution in [1.82, 2.24) is 0 Å². The summed E-state index contributed by atoms with van der Waals surface area (Å²) in [5, 5.41) is 0. The Kier molecular flexibility index (Phi) is 4.01. The van der Waals surface area contributed by atoms with E-state index in [2.05, 4.69) is 6.92 Å². The van der Waals surface area contributed by atoms with Crippen LogP contribution in [0.2, 0.25) is 0 Å². The fourth-order valence-corrected chi connectivity index (χ4v) is 5.51. The highest BCUT2D eigenvalue weighted by atomic mass is 16.1. The molecule has 1 nitrogen and oxygen atoms in total. The van der Waals surface area contributed by atoms with E-state index in [9.17, 15) is 4.79 Å². The second-order valence-electron chi connectivity index (χ2n) is 7.71. The standard InChI is InChI=1S/C18H30O/c1-2-3-4-5-6-7-8-18-12-14-9-15(13-18)11-16(10-14)17(18)19/h14-16H,2-13H2,1H3/t14-,15+,16?,18?. The number of carbonyl (C=O) groups is 1. The Morgan fingerprint density at radius 2 is 1.58 bits per heavy atom. The molecule has 0 aliphatic heterocycles. The molecule has 1 heteroatoms. The van der Waals surface area contributed by atoms with Crippen LogP contribution in [-0.2, 0) is 4.79 Å². The Labute approximate surface area is 118 Å². The first-order valence-electron chi connectivity index (χ1n) is 8.78. The summed E-state index contributed by atoms with van der Waals surface area (Å²) in [5.74, 6) is 2.99. The molecule has 4 atom stereocenters. The van der Waals surface area contributed by atoms with Crippen LogP contribution in [0.15, 0.2) is 0 Å². The molecule has 0 aromatic carbocycles. The highest BCUT2D eigenvalue weighted by Crippen LogP contribution is 2.59. The van der Waals surface area contributed by atoms with E-state index in [1.54, 1.807) is 0 Å². The number of hydrogen-bond acceptors (Lipinski definition) is 1. The number of rotatable bonds is 7. The molecule has 4 aliphatic carbocycles. The van der Waals surface area contributed by atoms with E-state index in [4.69, 9.17) is 0 Å². The Morgan fingerprint density at radius 3 is 2.26 bits per heavy atom. The van der Waals surface area contributed by atoms with Crippen molar-refractivity contribution < 1.29 is 4.79 Å². The third-order valence-corrected chi connectivity index (χ3v) is 6.16. The predicted octanol–water partition coefficient (Wildman–Crippen LogP) is 5.13. The highest BCUT2D eigenvalue weighted by Gasteiger charge is 2.55. The summed E-state index contributed by atoms with van der Waals surface area (Å²) in [6, 6.07) is 0. The molecule has 2 unspecified atom stereocenters. The molecular weight excluding hydrogens is 232 g/mol. The van der Waals surface area contributed by atoms with Gasteiger partial charge in [0.1, 0.15) is 5.78 Å². The summed E-state index contributed by atoms with van der Waals surface area (Å²) in [5.41, 5.74) is 0.166. The molecule has 0 radical (unpaired) electrons. The van der Waals surface area contributed by atoms with Crippen LogP contribution in [-0.4, -0.2) is 5.78 Å². The van der Waals surface area contributed by atoms with Crippen LogP contribution in [0.3, 0.4) is 0 Å². The van der Waals surface area contributed by atoms with Crippen molar-refractivity contribution in [3.8, 4) is 0 Å². The lowest BCUT2D eigenvalue weighted by molar-refractivity contribution is -0.153. The summed E-state index contributed by atoms with van der Waals surface area (Å²) in [6.07, 6.45) is 15.8. The van der Waals surface area contributed by atoms with Gasteiger partial charge in [0.2, 0.25) is 0 Å². The molecule has 4 rings (SSSR count). The molecule has 0 heterocycles. The van der Waals surface area contributed by atoms with E-state index in [0.29, 0.717) is 11.7 Å². The van der Waals surface area contributed by atoms with E-state index in [0.717, 1.165) is 11.8 Å². The maximum atomic E-state index is 12.7. The van der Waals surface area contributed by atoms with Gasteiger partial charge in [-0.3, -0.25) is 4.79 Å². The first kappa shape index (κ1) is 13.6. The van der Waals surface area contributed by atoms with Crippen LogP contribution >= 0.6 is 0 Å². The van der Waals surface area contributed by atoms with Gasteiger partial charge in [-0.15, -0.1) is 0 Å². The number of carbonyl (C=O) groups excluding carboxylic acids is 1. The monoisotopic (exact) mass is 262 g/mol. The maximum absolute atomic E-state index is 12.7. The molecule has 0 aromatic rings. The molecule has 4 bridgehead atoms. The summed E-state index contributed by atoms with van der Waals surface area (Å²) >= 11 is 0. The third kappa shape index (κ3) is 2.62. The molecule has 4 fully saturated rings.